The lowest BCUT2D eigenvalue weighted by Crippen LogP contribution is -2.28. The van der Waals surface area contributed by atoms with Crippen LogP contribution in [0.5, 0.6) is 11.5 Å². The van der Waals surface area contributed by atoms with Gasteiger partial charge in [-0.15, -0.1) is 0 Å². The highest BCUT2D eigenvalue weighted by Gasteiger charge is 2.48. The van der Waals surface area contributed by atoms with Crippen molar-refractivity contribution in [3.63, 3.8) is 0 Å². The largest absolute Gasteiger partial charge is 0.534 e. The third kappa shape index (κ3) is 6.17. The van der Waals surface area contributed by atoms with Crippen LogP contribution in [0.1, 0.15) is 32.3 Å². The number of halogens is 3. The maximum Gasteiger partial charge on any atom is 0.534 e. The van der Waals surface area contributed by atoms with E-state index in [9.17, 15) is 26.4 Å². The van der Waals surface area contributed by atoms with E-state index < -0.39 is 21.4 Å². The van der Waals surface area contributed by atoms with Crippen LogP contribution in [0.2, 0.25) is 0 Å². The molecule has 10 heteroatoms. The molecule has 0 aliphatic carbocycles. The molecular weight excluding hydrogens is 405 g/mol. The standard InChI is InChI=1S/C17H19F3O5S2/c1-11-4-3-5-13-9-14(25-27(22,23)17(18,19)20)6-7-16(13)24-15(8-11)10-26-12(2)21/h4,6-7,9,15H,3,5,8,10H2,1-2H3. The predicted octanol–water partition coefficient (Wildman–Crippen LogP) is 4.22. The van der Waals surface area contributed by atoms with Gasteiger partial charge >= 0.3 is 15.6 Å². The molecule has 1 heterocycles. The van der Waals surface area contributed by atoms with Gasteiger partial charge in [0.15, 0.2) is 5.12 Å². The summed E-state index contributed by atoms with van der Waals surface area (Å²) in [6, 6.07) is 3.75. The van der Waals surface area contributed by atoms with E-state index in [2.05, 4.69) is 4.18 Å². The Morgan fingerprint density at radius 1 is 1.37 bits per heavy atom. The van der Waals surface area contributed by atoms with Crippen molar-refractivity contribution in [3.05, 3.63) is 35.4 Å². The van der Waals surface area contributed by atoms with Gasteiger partial charge in [-0.1, -0.05) is 23.4 Å². The molecule has 1 aromatic rings. The molecular formula is C17H19F3O5S2. The normalized spacial score (nSPS) is 18.3. The summed E-state index contributed by atoms with van der Waals surface area (Å²) in [6.45, 7) is 3.40. The van der Waals surface area contributed by atoms with Crippen molar-refractivity contribution in [1.82, 2.24) is 0 Å². The number of ether oxygens (including phenoxy) is 1. The van der Waals surface area contributed by atoms with Crippen molar-refractivity contribution < 1.29 is 35.3 Å². The third-order valence-corrected chi connectivity index (χ3v) is 5.67. The van der Waals surface area contributed by atoms with E-state index in [-0.39, 0.29) is 11.2 Å². The summed E-state index contributed by atoms with van der Waals surface area (Å²) in [4.78, 5) is 11.2. The van der Waals surface area contributed by atoms with E-state index in [1.807, 2.05) is 13.0 Å². The topological polar surface area (TPSA) is 69.7 Å². The Bertz CT molecular complexity index is 831. The van der Waals surface area contributed by atoms with Gasteiger partial charge in [-0.2, -0.15) is 21.6 Å². The summed E-state index contributed by atoms with van der Waals surface area (Å²) in [5.74, 6) is 0.439. The molecule has 0 spiro atoms. The second-order valence-electron chi connectivity index (χ2n) is 6.09. The molecule has 0 aromatic heterocycles. The Morgan fingerprint density at radius 2 is 2.07 bits per heavy atom. The van der Waals surface area contributed by atoms with Crippen LogP contribution in [-0.4, -0.2) is 30.9 Å². The van der Waals surface area contributed by atoms with Crippen molar-refractivity contribution in [2.75, 3.05) is 5.75 Å². The number of fused-ring (bicyclic) bond motifs is 1. The summed E-state index contributed by atoms with van der Waals surface area (Å²) in [7, 11) is -5.73. The Labute approximate surface area is 160 Å². The zero-order valence-corrected chi connectivity index (χ0v) is 16.3. The second kappa shape index (κ2) is 8.55. The second-order valence-corrected chi connectivity index (χ2v) is 8.82. The van der Waals surface area contributed by atoms with Crippen molar-refractivity contribution >= 4 is 27.0 Å². The molecule has 27 heavy (non-hydrogen) atoms. The fourth-order valence-electron chi connectivity index (χ4n) is 2.53. The minimum absolute atomic E-state index is 0.0403. The average Bonchev–Trinajstić information content (AvgIpc) is 2.60. The van der Waals surface area contributed by atoms with Crippen LogP contribution >= 0.6 is 11.8 Å². The van der Waals surface area contributed by atoms with E-state index in [1.165, 1.54) is 19.1 Å². The van der Waals surface area contributed by atoms with Gasteiger partial charge in [0.1, 0.15) is 17.6 Å². The quantitative estimate of drug-likeness (QED) is 0.409. The van der Waals surface area contributed by atoms with Gasteiger partial charge in [-0.25, -0.2) is 0 Å². The first-order valence-electron chi connectivity index (χ1n) is 8.07. The molecule has 0 amide bonds. The molecule has 0 saturated heterocycles. The van der Waals surface area contributed by atoms with Crippen LogP contribution in [0.15, 0.2) is 29.8 Å². The number of carbonyl (C=O) groups is 1. The van der Waals surface area contributed by atoms with E-state index in [0.29, 0.717) is 36.3 Å². The number of benzene rings is 1. The van der Waals surface area contributed by atoms with E-state index in [4.69, 9.17) is 4.74 Å². The Morgan fingerprint density at radius 3 is 2.70 bits per heavy atom. The molecule has 1 aromatic carbocycles. The molecule has 1 aliphatic rings. The van der Waals surface area contributed by atoms with Crippen LogP contribution in [-0.2, 0) is 21.3 Å². The molecule has 1 atom stereocenters. The SMILES string of the molecule is CC(=O)SCC1CC(C)=CCCc2cc(OS(=O)(=O)C(F)(F)F)ccc2O1. The average molecular weight is 424 g/mol. The smallest absolute Gasteiger partial charge is 0.489 e. The highest BCUT2D eigenvalue weighted by atomic mass is 32.2. The Balaban J connectivity index is 2.27. The van der Waals surface area contributed by atoms with Crippen LogP contribution in [0.25, 0.3) is 0 Å². The van der Waals surface area contributed by atoms with Crippen LogP contribution < -0.4 is 8.92 Å². The van der Waals surface area contributed by atoms with E-state index in [1.54, 1.807) is 0 Å². The summed E-state index contributed by atoms with van der Waals surface area (Å²) < 4.78 is 70.0. The van der Waals surface area contributed by atoms with Crippen LogP contribution in [0, 0.1) is 0 Å². The number of hydrogen-bond acceptors (Lipinski definition) is 6. The molecule has 2 rings (SSSR count). The molecule has 0 fully saturated rings. The van der Waals surface area contributed by atoms with Crippen molar-refractivity contribution in [3.8, 4) is 11.5 Å². The first kappa shape index (κ1) is 21.6. The zero-order chi connectivity index (χ0) is 20.2. The number of carbonyl (C=O) groups excluding carboxylic acids is 1. The highest BCUT2D eigenvalue weighted by molar-refractivity contribution is 8.13. The van der Waals surface area contributed by atoms with Gasteiger partial charge < -0.3 is 8.92 Å². The summed E-state index contributed by atoms with van der Waals surface area (Å²) in [5, 5.41) is -0.0403. The summed E-state index contributed by atoms with van der Waals surface area (Å²) in [6.07, 6.45) is 3.37. The maximum absolute atomic E-state index is 12.5. The fraction of sp³-hybridized carbons (Fsp3) is 0.471. The monoisotopic (exact) mass is 424 g/mol. The maximum atomic E-state index is 12.5. The molecule has 0 saturated carbocycles. The minimum atomic E-state index is -5.73. The number of alkyl halides is 3. The zero-order valence-electron chi connectivity index (χ0n) is 14.7. The predicted molar refractivity (Wildman–Crippen MR) is 96.3 cm³/mol. The Kier molecular flexibility index (Phi) is 6.85. The lowest BCUT2D eigenvalue weighted by Gasteiger charge is -2.20. The van der Waals surface area contributed by atoms with Gasteiger partial charge in [0.25, 0.3) is 0 Å². The van der Waals surface area contributed by atoms with Gasteiger partial charge in [0.05, 0.1) is 0 Å². The van der Waals surface area contributed by atoms with Gasteiger partial charge in [-0.3, -0.25) is 4.79 Å². The molecule has 0 radical (unpaired) electrons. The number of aryl methyl sites for hydroxylation is 1. The summed E-state index contributed by atoms with van der Waals surface area (Å²) in [5.41, 5.74) is -3.89. The first-order chi connectivity index (χ1) is 12.5. The van der Waals surface area contributed by atoms with Crippen LogP contribution in [0.3, 0.4) is 0 Å². The highest BCUT2D eigenvalue weighted by Crippen LogP contribution is 2.32. The van der Waals surface area contributed by atoms with Crippen molar-refractivity contribution in [2.45, 2.75) is 44.7 Å². The molecule has 1 aliphatic heterocycles. The number of thioether (sulfide) groups is 1. The fourth-order valence-corrected chi connectivity index (χ4v) is 3.59. The molecule has 1 unspecified atom stereocenters. The van der Waals surface area contributed by atoms with Crippen molar-refractivity contribution in [2.24, 2.45) is 0 Å². The first-order valence-corrected chi connectivity index (χ1v) is 10.5. The van der Waals surface area contributed by atoms with E-state index in [0.717, 1.165) is 23.4 Å². The molecule has 0 bridgehead atoms. The van der Waals surface area contributed by atoms with Gasteiger partial charge in [0.2, 0.25) is 0 Å². The number of hydrogen-bond donors (Lipinski definition) is 0. The lowest BCUT2D eigenvalue weighted by atomic mass is 10.1. The lowest BCUT2D eigenvalue weighted by molar-refractivity contribution is -0.109. The minimum Gasteiger partial charge on any atom is -0.489 e. The van der Waals surface area contributed by atoms with Crippen LogP contribution in [0.4, 0.5) is 13.2 Å². The molecule has 0 N–H and O–H groups in total. The van der Waals surface area contributed by atoms with Gasteiger partial charge in [0, 0.05) is 19.1 Å². The van der Waals surface area contributed by atoms with Crippen molar-refractivity contribution in [1.29, 1.82) is 0 Å². The number of allylic oxidation sites excluding steroid dienone is 1. The molecule has 5 nitrogen and oxygen atoms in total. The van der Waals surface area contributed by atoms with E-state index >= 15 is 0 Å². The Hall–Kier alpha value is -1.68. The van der Waals surface area contributed by atoms with Gasteiger partial charge in [-0.05, 0) is 43.5 Å². The number of rotatable bonds is 4. The molecule has 150 valence electrons. The summed E-state index contributed by atoms with van der Waals surface area (Å²) >= 11 is 1.13. The third-order valence-electron chi connectivity index (χ3n) is 3.74.